The molecule has 2 aromatic carbocycles. The summed E-state index contributed by atoms with van der Waals surface area (Å²) < 4.78 is 0.967. The number of rotatable bonds is 10. The monoisotopic (exact) mass is 521 g/mol. The van der Waals surface area contributed by atoms with Crippen molar-refractivity contribution in [2.45, 2.75) is 18.5 Å². The second kappa shape index (κ2) is 12.0. The maximum Gasteiger partial charge on any atom is 0.139 e. The lowest BCUT2D eigenvalue weighted by Crippen LogP contribution is -2.46. The number of quaternary nitrogens is 1. The third-order valence-electron chi connectivity index (χ3n) is 7.24. The molecule has 0 bridgehead atoms. The summed E-state index contributed by atoms with van der Waals surface area (Å²) in [6.45, 7) is 3.01. The molecule has 6 N–H and O–H groups in total. The number of likely N-dealkylation sites (N-methyl/N-ethyl adjacent to an activating group) is 1. The van der Waals surface area contributed by atoms with Crippen LogP contribution in [0, 0.1) is 0 Å². The number of allylic oxidation sites excluding steroid dienone is 1. The maximum atomic E-state index is 10.5. The van der Waals surface area contributed by atoms with E-state index < -0.39 is 6.04 Å². The summed E-state index contributed by atoms with van der Waals surface area (Å²) in [5.74, 6) is 0.0523. The lowest BCUT2D eigenvalue weighted by atomic mass is 10.0. The van der Waals surface area contributed by atoms with Gasteiger partial charge in [0.15, 0.2) is 0 Å². The first-order chi connectivity index (χ1) is 18.2. The highest BCUT2D eigenvalue weighted by Crippen LogP contribution is 2.27. The van der Waals surface area contributed by atoms with Crippen LogP contribution >= 0.6 is 0 Å². The van der Waals surface area contributed by atoms with E-state index in [-0.39, 0.29) is 19.0 Å². The first kappa shape index (κ1) is 27.7. The predicted octanol–water partition coefficient (Wildman–Crippen LogP) is 2.61. The molecule has 4 rings (SSSR count). The van der Waals surface area contributed by atoms with Crippen LogP contribution in [0.3, 0.4) is 0 Å². The van der Waals surface area contributed by atoms with Gasteiger partial charge in [-0.15, -0.1) is 0 Å². The van der Waals surface area contributed by atoms with E-state index in [0.29, 0.717) is 24.8 Å². The highest BCUT2D eigenvalue weighted by Gasteiger charge is 2.32. The van der Waals surface area contributed by atoms with Crippen LogP contribution in [0.1, 0.15) is 6.42 Å². The highest BCUT2D eigenvalue weighted by molar-refractivity contribution is 6.09. The van der Waals surface area contributed by atoms with Crippen molar-refractivity contribution in [2.24, 2.45) is 10.7 Å². The number of aliphatic imine (C=N–C) groups is 1. The Morgan fingerprint density at radius 2 is 1.68 bits per heavy atom. The smallest absolute Gasteiger partial charge is 0.139 e. The van der Waals surface area contributed by atoms with E-state index in [1.54, 1.807) is 12.2 Å². The van der Waals surface area contributed by atoms with Crippen LogP contribution in [0.4, 0.5) is 22.7 Å². The Morgan fingerprint density at radius 1 is 1.03 bits per heavy atom. The fourth-order valence-corrected chi connectivity index (χ4v) is 4.89. The van der Waals surface area contributed by atoms with Gasteiger partial charge in [-0.2, -0.15) is 0 Å². The Balaban J connectivity index is 1.46. The molecule has 0 saturated carbocycles. The first-order valence-electron chi connectivity index (χ1n) is 13.1. The molecule has 0 spiro atoms. The fourth-order valence-electron chi connectivity index (χ4n) is 4.89. The number of benzene rings is 2. The minimum absolute atomic E-state index is 0.0116. The highest BCUT2D eigenvalue weighted by atomic mass is 16.3. The van der Waals surface area contributed by atoms with E-state index in [9.17, 15) is 15.3 Å². The van der Waals surface area contributed by atoms with E-state index >= 15 is 0 Å². The lowest BCUT2D eigenvalue weighted by molar-refractivity contribution is -0.893. The molecule has 0 radical (unpaired) electrons. The molecule has 2 aliphatic rings. The molecule has 1 fully saturated rings. The Kier molecular flexibility index (Phi) is 8.73. The van der Waals surface area contributed by atoms with Gasteiger partial charge in [-0.3, -0.25) is 0 Å². The van der Waals surface area contributed by atoms with Crippen LogP contribution in [-0.2, 0) is 0 Å². The molecule has 38 heavy (non-hydrogen) atoms. The van der Waals surface area contributed by atoms with Gasteiger partial charge >= 0.3 is 0 Å². The summed E-state index contributed by atoms with van der Waals surface area (Å²) in [5, 5.41) is 32.4. The standard InChI is InChI=1S/C29H40N6O3/c1-35(2,3)25-12-13-34(20-25)24-10-6-22(7-11-24)32-28-19-27(26(30)18-29(28)38)31-21-4-8-23(9-5-21)33(14-16-36)15-17-37/h4-11,18-19,25-26,36-37H,12-17,20,30H2,1-3H3,(H-,31,32,38)/p+1. The Labute approximate surface area is 225 Å². The van der Waals surface area contributed by atoms with Crippen molar-refractivity contribution in [1.29, 1.82) is 0 Å². The summed E-state index contributed by atoms with van der Waals surface area (Å²) in [7, 11) is 6.75. The first-order valence-corrected chi connectivity index (χ1v) is 13.1. The van der Waals surface area contributed by atoms with Crippen LogP contribution in [0.15, 0.2) is 77.1 Å². The lowest BCUT2D eigenvalue weighted by Gasteiger charge is -2.31. The van der Waals surface area contributed by atoms with Crippen LogP contribution in [-0.4, -0.2) is 98.1 Å². The number of hydrogen-bond acceptors (Lipinski definition) is 8. The topological polar surface area (TPSA) is 118 Å². The molecule has 0 amide bonds. The number of nitrogens with two attached hydrogens (primary N) is 1. The molecule has 2 unspecified atom stereocenters. The molecule has 2 atom stereocenters. The quantitative estimate of drug-likeness (QED) is 0.305. The number of hydrogen-bond donors (Lipinski definition) is 5. The van der Waals surface area contributed by atoms with Crippen molar-refractivity contribution >= 4 is 28.5 Å². The maximum absolute atomic E-state index is 10.5. The van der Waals surface area contributed by atoms with E-state index in [1.807, 2.05) is 41.3 Å². The van der Waals surface area contributed by atoms with Crippen molar-refractivity contribution in [2.75, 3.05) is 75.7 Å². The zero-order valence-corrected chi connectivity index (χ0v) is 22.6. The molecular formula is C29H41N6O3+. The molecule has 0 aromatic heterocycles. The Morgan fingerprint density at radius 3 is 2.26 bits per heavy atom. The van der Waals surface area contributed by atoms with Gasteiger partial charge in [-0.25, -0.2) is 4.99 Å². The molecule has 1 heterocycles. The van der Waals surface area contributed by atoms with Gasteiger partial charge in [-0.1, -0.05) is 0 Å². The summed E-state index contributed by atoms with van der Waals surface area (Å²) >= 11 is 0. The average Bonchev–Trinajstić information content (AvgIpc) is 3.39. The van der Waals surface area contributed by atoms with Crippen molar-refractivity contribution < 1.29 is 19.8 Å². The van der Waals surface area contributed by atoms with Crippen LogP contribution < -0.4 is 20.9 Å². The van der Waals surface area contributed by atoms with Gasteiger partial charge < -0.3 is 40.7 Å². The second-order valence-electron chi connectivity index (χ2n) is 10.8. The minimum Gasteiger partial charge on any atom is -0.506 e. The third-order valence-corrected chi connectivity index (χ3v) is 7.24. The zero-order valence-electron chi connectivity index (χ0n) is 22.6. The summed E-state index contributed by atoms with van der Waals surface area (Å²) in [6.07, 6.45) is 4.54. The van der Waals surface area contributed by atoms with Crippen LogP contribution in [0.5, 0.6) is 0 Å². The molecule has 9 nitrogen and oxygen atoms in total. The van der Waals surface area contributed by atoms with E-state index in [4.69, 9.17) is 5.73 Å². The van der Waals surface area contributed by atoms with Crippen LogP contribution in [0.2, 0.25) is 0 Å². The average molecular weight is 522 g/mol. The predicted molar refractivity (Wildman–Crippen MR) is 155 cm³/mol. The second-order valence-corrected chi connectivity index (χ2v) is 10.8. The Hall–Kier alpha value is -3.37. The van der Waals surface area contributed by atoms with Crippen molar-refractivity contribution in [1.82, 2.24) is 0 Å². The zero-order chi connectivity index (χ0) is 27.3. The van der Waals surface area contributed by atoms with Crippen molar-refractivity contribution in [3.8, 4) is 0 Å². The SMILES string of the molecule is C[N+](C)(C)C1CCN(c2ccc(N=C3C=C(Nc4ccc(N(CCO)CCO)cc4)C(N)C=C3O)cc2)C1. The number of anilines is 3. The number of nitrogens with one attached hydrogen (secondary N) is 1. The fraction of sp³-hybridized carbons (Fsp3) is 0.414. The number of nitrogens with zero attached hydrogens (tertiary/aromatic N) is 4. The summed E-state index contributed by atoms with van der Waals surface area (Å²) in [5.41, 5.74) is 11.1. The molecule has 1 aliphatic carbocycles. The van der Waals surface area contributed by atoms with E-state index in [0.717, 1.165) is 40.3 Å². The summed E-state index contributed by atoms with van der Waals surface area (Å²) in [4.78, 5) is 9.01. The third kappa shape index (κ3) is 6.73. The van der Waals surface area contributed by atoms with Gasteiger partial charge in [0.2, 0.25) is 0 Å². The largest absolute Gasteiger partial charge is 0.506 e. The normalized spacial score (nSPS) is 20.9. The molecule has 1 saturated heterocycles. The van der Waals surface area contributed by atoms with Gasteiger partial charge in [0, 0.05) is 48.8 Å². The van der Waals surface area contributed by atoms with Gasteiger partial charge in [-0.05, 0) is 60.7 Å². The van der Waals surface area contributed by atoms with Crippen molar-refractivity contribution in [3.63, 3.8) is 0 Å². The number of aliphatic hydroxyl groups excluding tert-OH is 3. The molecule has 204 valence electrons. The van der Waals surface area contributed by atoms with E-state index in [1.165, 1.54) is 12.1 Å². The van der Waals surface area contributed by atoms with Crippen molar-refractivity contribution in [3.05, 3.63) is 72.1 Å². The minimum atomic E-state index is -0.499. The van der Waals surface area contributed by atoms with Crippen LogP contribution in [0.25, 0.3) is 0 Å². The number of aliphatic hydroxyl groups is 3. The summed E-state index contributed by atoms with van der Waals surface area (Å²) in [6, 6.07) is 15.9. The van der Waals surface area contributed by atoms with Gasteiger partial charge in [0.05, 0.1) is 52.6 Å². The Bertz CT molecular complexity index is 1160. The van der Waals surface area contributed by atoms with Gasteiger partial charge in [0.1, 0.15) is 17.5 Å². The van der Waals surface area contributed by atoms with E-state index in [2.05, 4.69) is 48.5 Å². The molecule has 2 aromatic rings. The van der Waals surface area contributed by atoms with Gasteiger partial charge in [0.25, 0.3) is 0 Å². The molecule has 1 aliphatic heterocycles. The molecular weight excluding hydrogens is 480 g/mol. The molecule has 9 heteroatoms.